The molecule has 2 aromatic carbocycles. The maximum atomic E-state index is 3.90. The standard InChI is InChI=1S/C25H34N2.C23H39N.C20H36N2.C19H36N2/c1-21(2)11-10-12-22(3)17-18-26-19-20-27-25(23-13-6-4-7-14-23)24-15-8-5-9-16-24;1-17(2)6-4-7-18(3)9-11-24-10-5-8-23-21-13-19-12-20(15-21)16-22(23)14-19;1-5-16-22(20-11-6-7-12-20)17-15-21-14-13-19(4)10-8-9-18(2)3;1-5-19-11-6-7-15-21(19)16-14-20-13-12-18(4)10-8-9-17(2)3/h4-9,11,13-17,25-27H,10,12,18-20H2,1-3H3;6,9,19-24H,4-5,7-8,10-16H2,1-3H3;5,9,13,20-21H,1,6-8,10-12,14-17H2,2-4H3;9,12,19-20H,5-8,10-11,13-16H2,1-4H3/b22-17+;18-9+;19-13+;18-12+. The number of nitrogens with one attached hydrogen (secondary N) is 5. The van der Waals surface area contributed by atoms with E-state index in [9.17, 15) is 0 Å². The van der Waals surface area contributed by atoms with E-state index in [1.165, 1.54) is 178 Å². The van der Waals surface area contributed by atoms with Crippen molar-refractivity contribution in [3.63, 3.8) is 0 Å². The van der Waals surface area contributed by atoms with Gasteiger partial charge in [0.1, 0.15) is 0 Å². The molecular formula is C87H145N7. The SMILES string of the molecule is C=CCN(CCNC/C=C(\C)CCC=C(C)C)C1CCCC1.CC(C)=CCC/C(C)=C/CNCCCC1C2CC3CC(C2)CC1C3.CC(C)=CCC/C(C)=C/CNCCNC(c1ccccc1)c1ccccc1.CCC1CCCCN1CCNC/C=C(\C)CCC=C(C)C. The molecule has 0 amide bonds. The van der Waals surface area contributed by atoms with E-state index >= 15 is 0 Å². The fourth-order valence-corrected chi connectivity index (χ4v) is 15.3. The fraction of sp³-hybridized carbons (Fsp3) is 0.655. The molecule has 1 saturated heterocycles. The van der Waals surface area contributed by atoms with Gasteiger partial charge in [-0.3, -0.25) is 9.80 Å². The van der Waals surface area contributed by atoms with Gasteiger partial charge in [0.25, 0.3) is 0 Å². The molecule has 1 atom stereocenters. The fourth-order valence-electron chi connectivity index (χ4n) is 15.3. The van der Waals surface area contributed by atoms with Crippen molar-refractivity contribution in [2.24, 2.45) is 29.6 Å². The Labute approximate surface area is 581 Å². The second kappa shape index (κ2) is 51.1. The summed E-state index contributed by atoms with van der Waals surface area (Å²) in [6.07, 6.45) is 52.0. The van der Waals surface area contributed by atoms with Gasteiger partial charge in [0.2, 0.25) is 0 Å². The van der Waals surface area contributed by atoms with E-state index in [2.05, 4.69) is 242 Å². The maximum absolute atomic E-state index is 3.90. The Hall–Kier alpha value is -4.18. The zero-order chi connectivity index (χ0) is 68.0. The van der Waals surface area contributed by atoms with Crippen LogP contribution in [0.1, 0.15) is 255 Å². The van der Waals surface area contributed by atoms with E-state index < -0.39 is 0 Å². The second-order valence-electron chi connectivity index (χ2n) is 30.1. The monoisotopic (exact) mass is 1290 g/mol. The zero-order valence-corrected chi connectivity index (χ0v) is 63.1. The van der Waals surface area contributed by atoms with Crippen LogP contribution in [0.4, 0.5) is 0 Å². The molecule has 2 aromatic rings. The highest BCUT2D eigenvalue weighted by Gasteiger charge is 2.47. The number of hydrogen-bond donors (Lipinski definition) is 5. The summed E-state index contributed by atoms with van der Waals surface area (Å²) in [5.41, 5.74) is 14.3. The number of hydrogen-bond acceptors (Lipinski definition) is 7. The first-order valence-electron chi connectivity index (χ1n) is 38.5. The minimum Gasteiger partial charge on any atom is -0.313 e. The van der Waals surface area contributed by atoms with Crippen LogP contribution in [-0.4, -0.2) is 107 Å². The van der Waals surface area contributed by atoms with Gasteiger partial charge in [-0.05, 0) is 265 Å². The summed E-state index contributed by atoms with van der Waals surface area (Å²) >= 11 is 0. The Kier molecular flexibility index (Phi) is 44.7. The summed E-state index contributed by atoms with van der Waals surface area (Å²) in [6.45, 7) is 46.5. The van der Waals surface area contributed by atoms with E-state index in [-0.39, 0.29) is 6.04 Å². The van der Waals surface area contributed by atoms with Crippen LogP contribution in [0.3, 0.4) is 0 Å². The third-order valence-electron chi connectivity index (χ3n) is 20.6. The second-order valence-corrected chi connectivity index (χ2v) is 30.1. The van der Waals surface area contributed by atoms with Crippen LogP contribution < -0.4 is 26.6 Å². The smallest absolute Gasteiger partial charge is 0.0577 e. The van der Waals surface area contributed by atoms with E-state index in [0.29, 0.717) is 0 Å². The number of benzene rings is 2. The van der Waals surface area contributed by atoms with Gasteiger partial charge >= 0.3 is 0 Å². The van der Waals surface area contributed by atoms with Crippen molar-refractivity contribution in [2.45, 2.75) is 256 Å². The molecule has 8 rings (SSSR count). The molecule has 94 heavy (non-hydrogen) atoms. The number of nitrogens with zero attached hydrogens (tertiary/aromatic N) is 2. The summed E-state index contributed by atoms with van der Waals surface area (Å²) in [4.78, 5) is 5.28. The lowest BCUT2D eigenvalue weighted by Gasteiger charge is -2.54. The molecule has 4 bridgehead atoms. The molecule has 0 spiro atoms. The number of likely N-dealkylation sites (tertiary alicyclic amines) is 1. The number of allylic oxidation sites excluding steroid dienone is 12. The Morgan fingerprint density at radius 1 is 0.500 bits per heavy atom. The first-order chi connectivity index (χ1) is 45.5. The molecule has 7 heteroatoms. The number of rotatable bonds is 40. The van der Waals surface area contributed by atoms with Crippen molar-refractivity contribution >= 4 is 0 Å². The van der Waals surface area contributed by atoms with Crippen LogP contribution in [0.2, 0.25) is 0 Å². The van der Waals surface area contributed by atoms with E-state index in [4.69, 9.17) is 0 Å². The predicted octanol–water partition coefficient (Wildman–Crippen LogP) is 21.0. The first-order valence-corrected chi connectivity index (χ1v) is 38.5. The highest BCUT2D eigenvalue weighted by Crippen LogP contribution is 2.57. The lowest BCUT2D eigenvalue weighted by molar-refractivity contribution is -0.0401. The number of piperidine rings is 1. The van der Waals surface area contributed by atoms with Gasteiger partial charge in [0.15, 0.2) is 0 Å². The van der Waals surface area contributed by atoms with Gasteiger partial charge < -0.3 is 26.6 Å². The highest BCUT2D eigenvalue weighted by atomic mass is 15.2. The molecule has 1 aliphatic heterocycles. The van der Waals surface area contributed by atoms with E-state index in [1.54, 1.807) is 32.1 Å². The Bertz CT molecular complexity index is 2450. The van der Waals surface area contributed by atoms with Gasteiger partial charge in [-0.25, -0.2) is 0 Å². The molecule has 6 aliphatic rings. The van der Waals surface area contributed by atoms with Crippen molar-refractivity contribution in [3.05, 3.63) is 178 Å². The van der Waals surface area contributed by atoms with Crippen LogP contribution in [0.25, 0.3) is 0 Å². The predicted molar refractivity (Wildman–Crippen MR) is 417 cm³/mol. The molecule has 0 radical (unpaired) electrons. The van der Waals surface area contributed by atoms with Crippen LogP contribution in [0.5, 0.6) is 0 Å². The zero-order valence-electron chi connectivity index (χ0n) is 63.1. The average molecular weight is 1290 g/mol. The van der Waals surface area contributed by atoms with Gasteiger partial charge in [-0.1, -0.05) is 186 Å². The summed E-state index contributed by atoms with van der Waals surface area (Å²) < 4.78 is 0. The molecule has 528 valence electrons. The van der Waals surface area contributed by atoms with E-state index in [0.717, 1.165) is 120 Å². The first kappa shape index (κ1) is 82.2. The molecule has 1 heterocycles. The lowest BCUT2D eigenvalue weighted by atomic mass is 9.51. The van der Waals surface area contributed by atoms with Crippen molar-refractivity contribution in [2.75, 3.05) is 85.1 Å². The van der Waals surface area contributed by atoms with Crippen molar-refractivity contribution in [1.82, 2.24) is 36.4 Å². The molecule has 5 saturated carbocycles. The van der Waals surface area contributed by atoms with Crippen LogP contribution in [0, 0.1) is 29.6 Å². The van der Waals surface area contributed by atoms with Crippen molar-refractivity contribution in [3.8, 4) is 0 Å². The average Bonchev–Trinajstić information content (AvgIpc) is 0.843. The molecular weight excluding hydrogens is 1140 g/mol. The highest BCUT2D eigenvalue weighted by molar-refractivity contribution is 5.31. The van der Waals surface area contributed by atoms with Gasteiger partial charge in [0.05, 0.1) is 6.04 Å². The van der Waals surface area contributed by atoms with Crippen LogP contribution in [-0.2, 0) is 0 Å². The summed E-state index contributed by atoms with van der Waals surface area (Å²) in [5, 5.41) is 18.0. The molecule has 5 N–H and O–H groups in total. The topological polar surface area (TPSA) is 66.6 Å². The largest absolute Gasteiger partial charge is 0.313 e. The maximum Gasteiger partial charge on any atom is 0.0577 e. The van der Waals surface area contributed by atoms with E-state index in [1.807, 2.05) is 6.08 Å². The summed E-state index contributed by atoms with van der Waals surface area (Å²) in [7, 11) is 0. The van der Waals surface area contributed by atoms with Crippen LogP contribution in [0.15, 0.2) is 167 Å². The van der Waals surface area contributed by atoms with Gasteiger partial charge in [-0.15, -0.1) is 6.58 Å². The molecule has 1 unspecified atom stereocenters. The lowest BCUT2D eigenvalue weighted by Crippen LogP contribution is -2.45. The van der Waals surface area contributed by atoms with Crippen molar-refractivity contribution < 1.29 is 0 Å². The minimum atomic E-state index is 0.232. The Balaban J connectivity index is 0.000000268. The molecule has 7 nitrogen and oxygen atoms in total. The van der Waals surface area contributed by atoms with Gasteiger partial charge in [-0.2, -0.15) is 0 Å². The van der Waals surface area contributed by atoms with Gasteiger partial charge in [0, 0.05) is 84.1 Å². The Morgan fingerprint density at radius 2 is 0.926 bits per heavy atom. The van der Waals surface area contributed by atoms with Crippen molar-refractivity contribution in [1.29, 1.82) is 0 Å². The third kappa shape index (κ3) is 37.5. The molecule has 5 aliphatic carbocycles. The molecule has 6 fully saturated rings. The van der Waals surface area contributed by atoms with Crippen LogP contribution >= 0.6 is 0 Å². The quantitative estimate of drug-likeness (QED) is 0.0337. The Morgan fingerprint density at radius 3 is 1.36 bits per heavy atom. The minimum absolute atomic E-state index is 0.232. The summed E-state index contributed by atoms with van der Waals surface area (Å²) in [6, 6.07) is 23.2. The third-order valence-corrected chi connectivity index (χ3v) is 20.6. The normalized spacial score (nSPS) is 20.6. The summed E-state index contributed by atoms with van der Waals surface area (Å²) in [5.74, 6) is 5.56. The molecule has 0 aromatic heterocycles.